The van der Waals surface area contributed by atoms with E-state index in [2.05, 4.69) is 16.7 Å². The van der Waals surface area contributed by atoms with Crippen LogP contribution in [0.4, 0.5) is 10.5 Å². The van der Waals surface area contributed by atoms with Crippen molar-refractivity contribution in [3.63, 3.8) is 0 Å². The van der Waals surface area contributed by atoms with Gasteiger partial charge in [0.1, 0.15) is 11.5 Å². The maximum Gasteiger partial charge on any atom is 0.319 e. The summed E-state index contributed by atoms with van der Waals surface area (Å²) in [4.78, 5) is 11.9. The van der Waals surface area contributed by atoms with E-state index in [4.69, 9.17) is 9.47 Å². The fraction of sp³-hybridized carbons (Fsp3) is 0.471. The van der Waals surface area contributed by atoms with Crippen LogP contribution in [0.2, 0.25) is 0 Å². The Hall–Kier alpha value is -2.17. The normalized spacial score (nSPS) is 14.0. The highest BCUT2D eigenvalue weighted by atomic mass is 16.5. The predicted molar refractivity (Wildman–Crippen MR) is 87.7 cm³/mol. The molecule has 5 heteroatoms. The van der Waals surface area contributed by atoms with Gasteiger partial charge in [-0.2, -0.15) is 0 Å². The van der Waals surface area contributed by atoms with Crippen molar-refractivity contribution < 1.29 is 14.3 Å². The molecule has 1 aromatic carbocycles. The summed E-state index contributed by atoms with van der Waals surface area (Å²) in [5.74, 6) is 1.28. The molecule has 2 rings (SSSR count). The lowest BCUT2D eigenvalue weighted by Crippen LogP contribution is -2.29. The maximum atomic E-state index is 11.9. The fourth-order valence-corrected chi connectivity index (χ4v) is 2.52. The predicted octanol–water partition coefficient (Wildman–Crippen LogP) is 3.72. The first kappa shape index (κ1) is 16.2. The fourth-order valence-electron chi connectivity index (χ4n) is 2.52. The van der Waals surface area contributed by atoms with E-state index in [0.29, 0.717) is 23.7 Å². The molecule has 120 valence electrons. The van der Waals surface area contributed by atoms with Crippen LogP contribution in [0, 0.1) is 0 Å². The SMILES string of the molecule is COc1cc(NC(=O)NCCC2=CCCCC2)cc(OC)c1. The molecule has 0 unspecified atom stereocenters. The molecule has 0 radical (unpaired) electrons. The number of nitrogens with one attached hydrogen (secondary N) is 2. The molecule has 0 saturated carbocycles. The highest BCUT2D eigenvalue weighted by Crippen LogP contribution is 2.25. The van der Waals surface area contributed by atoms with Crippen LogP contribution in [0.5, 0.6) is 11.5 Å². The number of allylic oxidation sites excluding steroid dienone is 1. The number of anilines is 1. The summed E-state index contributed by atoms with van der Waals surface area (Å²) < 4.78 is 10.4. The summed E-state index contributed by atoms with van der Waals surface area (Å²) in [5, 5.41) is 5.68. The van der Waals surface area contributed by atoms with Gasteiger partial charge in [0.05, 0.1) is 14.2 Å². The number of ether oxygens (including phenoxy) is 2. The summed E-state index contributed by atoms with van der Waals surface area (Å²) in [6, 6.07) is 5.06. The van der Waals surface area contributed by atoms with E-state index >= 15 is 0 Å². The standard InChI is InChI=1S/C17H24N2O3/c1-21-15-10-14(11-16(12-15)22-2)19-17(20)18-9-8-13-6-4-3-5-7-13/h6,10-12H,3-5,7-9H2,1-2H3,(H2,18,19,20). The molecule has 1 aliphatic carbocycles. The molecule has 0 atom stereocenters. The van der Waals surface area contributed by atoms with E-state index in [-0.39, 0.29) is 6.03 Å². The minimum absolute atomic E-state index is 0.216. The van der Waals surface area contributed by atoms with Crippen LogP contribution in [0.25, 0.3) is 0 Å². The second kappa shape index (κ2) is 8.32. The monoisotopic (exact) mass is 304 g/mol. The van der Waals surface area contributed by atoms with Crippen LogP contribution in [-0.2, 0) is 0 Å². The van der Waals surface area contributed by atoms with Gasteiger partial charge >= 0.3 is 6.03 Å². The highest BCUT2D eigenvalue weighted by Gasteiger charge is 2.07. The van der Waals surface area contributed by atoms with E-state index in [9.17, 15) is 4.79 Å². The van der Waals surface area contributed by atoms with Crippen molar-refractivity contribution in [2.24, 2.45) is 0 Å². The van der Waals surface area contributed by atoms with Crippen molar-refractivity contribution in [3.8, 4) is 11.5 Å². The molecule has 2 N–H and O–H groups in total. The zero-order valence-corrected chi connectivity index (χ0v) is 13.3. The number of carbonyl (C=O) groups excluding carboxylic acids is 1. The Morgan fingerprint density at radius 1 is 1.14 bits per heavy atom. The number of methoxy groups -OCH3 is 2. The van der Waals surface area contributed by atoms with Crippen molar-refractivity contribution >= 4 is 11.7 Å². The van der Waals surface area contributed by atoms with Crippen LogP contribution in [0.3, 0.4) is 0 Å². The van der Waals surface area contributed by atoms with Gasteiger partial charge in [-0.15, -0.1) is 0 Å². The Kier molecular flexibility index (Phi) is 6.13. The minimum Gasteiger partial charge on any atom is -0.497 e. The molecular formula is C17H24N2O3. The van der Waals surface area contributed by atoms with E-state index in [1.807, 2.05) is 0 Å². The Morgan fingerprint density at radius 2 is 1.86 bits per heavy atom. The van der Waals surface area contributed by atoms with Crippen molar-refractivity contribution in [2.75, 3.05) is 26.1 Å². The number of rotatable bonds is 6. The molecule has 0 aromatic heterocycles. The number of hydrogen-bond donors (Lipinski definition) is 2. The third kappa shape index (κ3) is 4.98. The number of amides is 2. The zero-order valence-electron chi connectivity index (χ0n) is 13.3. The molecule has 2 amide bonds. The molecule has 0 saturated heterocycles. The van der Waals surface area contributed by atoms with Gasteiger partial charge in [-0.3, -0.25) is 0 Å². The van der Waals surface area contributed by atoms with Gasteiger partial charge in [0.25, 0.3) is 0 Å². The van der Waals surface area contributed by atoms with Crippen molar-refractivity contribution in [1.82, 2.24) is 5.32 Å². The van der Waals surface area contributed by atoms with Gasteiger partial charge in [0.15, 0.2) is 0 Å². The van der Waals surface area contributed by atoms with Crippen molar-refractivity contribution in [3.05, 3.63) is 29.8 Å². The first-order valence-corrected chi connectivity index (χ1v) is 7.67. The summed E-state index contributed by atoms with van der Waals surface area (Å²) in [6.07, 6.45) is 8.11. The van der Waals surface area contributed by atoms with Gasteiger partial charge in [-0.1, -0.05) is 11.6 Å². The van der Waals surface area contributed by atoms with Crippen LogP contribution < -0.4 is 20.1 Å². The Labute approximate surface area is 131 Å². The molecular weight excluding hydrogens is 280 g/mol. The Morgan fingerprint density at radius 3 is 2.45 bits per heavy atom. The van der Waals surface area contributed by atoms with Gasteiger partial charge in [0, 0.05) is 30.4 Å². The second-order valence-corrected chi connectivity index (χ2v) is 5.34. The second-order valence-electron chi connectivity index (χ2n) is 5.34. The first-order valence-electron chi connectivity index (χ1n) is 7.67. The summed E-state index contributed by atoms with van der Waals surface area (Å²) in [6.45, 7) is 0.652. The number of urea groups is 1. The number of carbonyl (C=O) groups is 1. The summed E-state index contributed by atoms with van der Waals surface area (Å²) >= 11 is 0. The summed E-state index contributed by atoms with van der Waals surface area (Å²) in [7, 11) is 3.16. The van der Waals surface area contributed by atoms with Crippen LogP contribution >= 0.6 is 0 Å². The maximum absolute atomic E-state index is 11.9. The van der Waals surface area contributed by atoms with Crippen LogP contribution in [-0.4, -0.2) is 26.8 Å². The highest BCUT2D eigenvalue weighted by molar-refractivity contribution is 5.89. The Balaban J connectivity index is 1.82. The molecule has 0 aliphatic heterocycles. The minimum atomic E-state index is -0.216. The molecule has 0 heterocycles. The topological polar surface area (TPSA) is 59.6 Å². The quantitative estimate of drug-likeness (QED) is 0.788. The van der Waals surface area contributed by atoms with E-state index in [0.717, 1.165) is 12.8 Å². The lowest BCUT2D eigenvalue weighted by Gasteiger charge is -2.14. The van der Waals surface area contributed by atoms with Crippen LogP contribution in [0.15, 0.2) is 29.8 Å². The average Bonchev–Trinajstić information content (AvgIpc) is 2.55. The summed E-state index contributed by atoms with van der Waals surface area (Å²) in [5.41, 5.74) is 2.10. The molecule has 0 spiro atoms. The molecule has 1 aromatic rings. The molecule has 22 heavy (non-hydrogen) atoms. The third-order valence-electron chi connectivity index (χ3n) is 3.73. The van der Waals surface area contributed by atoms with Crippen LogP contribution in [0.1, 0.15) is 32.1 Å². The molecule has 5 nitrogen and oxygen atoms in total. The van der Waals surface area contributed by atoms with Gasteiger partial charge < -0.3 is 20.1 Å². The smallest absolute Gasteiger partial charge is 0.319 e. The van der Waals surface area contributed by atoms with E-state index < -0.39 is 0 Å². The average molecular weight is 304 g/mol. The molecule has 0 bridgehead atoms. The molecule has 0 fully saturated rings. The van der Waals surface area contributed by atoms with Gasteiger partial charge in [-0.05, 0) is 32.1 Å². The van der Waals surface area contributed by atoms with E-state index in [1.165, 1.54) is 24.8 Å². The largest absolute Gasteiger partial charge is 0.497 e. The first-order chi connectivity index (χ1) is 10.7. The lowest BCUT2D eigenvalue weighted by molar-refractivity contribution is 0.252. The van der Waals surface area contributed by atoms with Crippen molar-refractivity contribution in [1.29, 1.82) is 0 Å². The number of hydrogen-bond acceptors (Lipinski definition) is 3. The zero-order chi connectivity index (χ0) is 15.8. The van der Waals surface area contributed by atoms with Crippen molar-refractivity contribution in [2.45, 2.75) is 32.1 Å². The number of benzene rings is 1. The molecule has 1 aliphatic rings. The lowest BCUT2D eigenvalue weighted by atomic mass is 9.97. The van der Waals surface area contributed by atoms with Gasteiger partial charge in [0.2, 0.25) is 0 Å². The van der Waals surface area contributed by atoms with E-state index in [1.54, 1.807) is 32.4 Å². The third-order valence-corrected chi connectivity index (χ3v) is 3.73. The Bertz CT molecular complexity index is 518. The van der Waals surface area contributed by atoms with Gasteiger partial charge in [-0.25, -0.2) is 4.79 Å².